The number of fused-ring (bicyclic) bond motifs is 7. The van der Waals surface area contributed by atoms with Crippen LogP contribution < -0.4 is 10.6 Å². The van der Waals surface area contributed by atoms with Gasteiger partial charge in [0.15, 0.2) is 0 Å². The van der Waals surface area contributed by atoms with Crippen molar-refractivity contribution in [2.75, 3.05) is 27.3 Å². The number of likely N-dealkylation sites (tertiary alicyclic amines) is 2. The highest BCUT2D eigenvalue weighted by Crippen LogP contribution is 2.39. The number of nitrogens with zero attached hydrogens (tertiary/aromatic N) is 4. The lowest BCUT2D eigenvalue weighted by Gasteiger charge is -2.30. The third kappa shape index (κ3) is 9.84. The minimum Gasteiger partial charge on any atom is -0.453 e. The Kier molecular flexibility index (Phi) is 13.9. The minimum absolute atomic E-state index is 0.120. The van der Waals surface area contributed by atoms with Crippen LogP contribution >= 0.6 is 0 Å². The van der Waals surface area contributed by atoms with E-state index in [2.05, 4.69) is 50.9 Å². The molecule has 2 saturated heterocycles. The van der Waals surface area contributed by atoms with Gasteiger partial charge >= 0.3 is 12.2 Å². The van der Waals surface area contributed by atoms with Crippen LogP contribution in [0.2, 0.25) is 0 Å². The first-order valence-corrected chi connectivity index (χ1v) is 22.8. The molecule has 2 fully saturated rings. The van der Waals surface area contributed by atoms with Gasteiger partial charge in [-0.3, -0.25) is 9.59 Å². The lowest BCUT2D eigenvalue weighted by molar-refractivity contribution is -0.136. The quantitative estimate of drug-likeness (QED) is 0.107. The van der Waals surface area contributed by atoms with Gasteiger partial charge in [-0.05, 0) is 59.4 Å². The first-order valence-electron chi connectivity index (χ1n) is 22.8. The van der Waals surface area contributed by atoms with E-state index in [9.17, 15) is 19.2 Å². The van der Waals surface area contributed by atoms with E-state index in [-0.39, 0.29) is 48.5 Å². The Bertz CT molecular complexity index is 2520. The summed E-state index contributed by atoms with van der Waals surface area (Å²) in [4.78, 5) is 72.9. The van der Waals surface area contributed by atoms with Crippen LogP contribution in [0.5, 0.6) is 0 Å². The number of methoxy groups -OCH3 is 2. The van der Waals surface area contributed by atoms with E-state index < -0.39 is 30.3 Å². The molecule has 6 atom stereocenters. The molecule has 2 aromatic heterocycles. The third-order valence-electron chi connectivity index (χ3n) is 12.9. The van der Waals surface area contributed by atoms with E-state index in [1.807, 2.05) is 77.1 Å². The zero-order chi connectivity index (χ0) is 46.6. The van der Waals surface area contributed by atoms with Crippen LogP contribution in [0.15, 0.2) is 79.0 Å². The average molecular weight is 901 g/mol. The predicted octanol–water partition coefficient (Wildman–Crippen LogP) is 8.01. The standard InChI is InChI=1S/C50H60N8O8/c1-28(2)42(55-49(61)63-6)47(59)57-21-9-12-40(57)45-51-24-38(52-45)34-17-13-32(14-18-34)33-15-19-35(20-16-33)44-39-27-65-26-31-10-8-11-36(22-31)30(5)66-37-23-41(46(53-39)54-44)58(25-37)48(60)43(29(3)4)56-50(62)64-7/h8,10-11,13-20,22,24,28-30,37,40-43H,9,12,21,23,25-27H2,1-7H3,(H,51,52)(H,53,54)(H,55,61)(H,56,62)/t30-,37-,40-,41-,42+,43-/m0/s1. The van der Waals surface area contributed by atoms with Gasteiger partial charge in [0.05, 0.1) is 75.0 Å². The van der Waals surface area contributed by atoms with Gasteiger partial charge in [0.25, 0.3) is 0 Å². The van der Waals surface area contributed by atoms with E-state index in [4.69, 9.17) is 28.9 Å². The molecule has 8 rings (SSSR count). The number of rotatable bonds is 10. The number of hydrogen-bond donors (Lipinski definition) is 4. The van der Waals surface area contributed by atoms with E-state index in [0.29, 0.717) is 37.8 Å². The second kappa shape index (κ2) is 19.9. The lowest BCUT2D eigenvalue weighted by atomic mass is 10.0. The first kappa shape index (κ1) is 46.0. The van der Waals surface area contributed by atoms with E-state index >= 15 is 0 Å². The van der Waals surface area contributed by atoms with Crippen LogP contribution in [0.3, 0.4) is 0 Å². The molecular formula is C50H60N8O8. The number of nitrogens with one attached hydrogen (secondary N) is 4. The highest BCUT2D eigenvalue weighted by atomic mass is 16.5. The topological polar surface area (TPSA) is 193 Å². The zero-order valence-electron chi connectivity index (χ0n) is 38.6. The predicted molar refractivity (Wildman–Crippen MR) is 246 cm³/mol. The minimum atomic E-state index is -0.812. The highest BCUT2D eigenvalue weighted by molar-refractivity contribution is 5.87. The van der Waals surface area contributed by atoms with Gasteiger partial charge in [-0.25, -0.2) is 19.6 Å². The van der Waals surface area contributed by atoms with Crippen molar-refractivity contribution >= 4 is 24.0 Å². The third-order valence-corrected chi connectivity index (χ3v) is 12.9. The normalized spacial score (nSPS) is 20.4. The first-order chi connectivity index (χ1) is 31.8. The summed E-state index contributed by atoms with van der Waals surface area (Å²) in [6, 6.07) is 22.5. The molecule has 6 bridgehead atoms. The SMILES string of the molecule is COC(=O)N[C@H](C(=O)N1C[C@@H]2C[C@H]1c1nc(-c3ccc(-c4ccc(-c5cnc([C@@H]6CCCN6C(=O)[C@H](NC(=O)OC)C(C)C)[nH]5)cc4)cc3)c([nH]1)COCc1cccc(c1)[C@H](C)O2)C(C)C. The second-order valence-electron chi connectivity index (χ2n) is 18.1. The van der Waals surface area contributed by atoms with Crippen LogP contribution in [0.4, 0.5) is 9.59 Å². The molecule has 0 aliphatic carbocycles. The van der Waals surface area contributed by atoms with Gasteiger partial charge in [-0.1, -0.05) is 100 Å². The summed E-state index contributed by atoms with van der Waals surface area (Å²) in [7, 11) is 2.57. The van der Waals surface area contributed by atoms with Gasteiger partial charge in [0.1, 0.15) is 23.7 Å². The molecule has 5 heterocycles. The van der Waals surface area contributed by atoms with Crippen LogP contribution in [-0.2, 0) is 41.8 Å². The number of aromatic amines is 2. The summed E-state index contributed by atoms with van der Waals surface area (Å²) in [6.07, 6.45) is 2.09. The molecule has 4 amide bonds. The molecular weight excluding hydrogens is 841 g/mol. The number of benzene rings is 3. The summed E-state index contributed by atoms with van der Waals surface area (Å²) >= 11 is 0. The summed E-state index contributed by atoms with van der Waals surface area (Å²) in [5.41, 5.74) is 8.29. The van der Waals surface area contributed by atoms with Crippen LogP contribution in [0.1, 0.15) is 101 Å². The Morgan fingerprint density at radius 1 is 0.758 bits per heavy atom. The molecule has 348 valence electrons. The number of hydrogen-bond acceptors (Lipinski definition) is 10. The van der Waals surface area contributed by atoms with Crippen LogP contribution in [0, 0.1) is 11.8 Å². The lowest BCUT2D eigenvalue weighted by Crippen LogP contribution is -2.51. The fourth-order valence-electron chi connectivity index (χ4n) is 9.29. The molecule has 0 saturated carbocycles. The molecule has 0 radical (unpaired) electrons. The molecule has 16 nitrogen and oxygen atoms in total. The molecule has 16 heteroatoms. The number of amides is 4. The number of carbonyl (C=O) groups is 4. The Balaban J connectivity index is 1.03. The van der Waals surface area contributed by atoms with Crippen molar-refractivity contribution in [3.8, 4) is 33.6 Å². The molecule has 3 aliphatic heterocycles. The molecule has 0 unspecified atom stereocenters. The number of alkyl carbamates (subject to hydrolysis) is 2. The number of aromatic nitrogens is 4. The second-order valence-corrected chi connectivity index (χ2v) is 18.1. The number of imidazole rings is 2. The maximum Gasteiger partial charge on any atom is 0.407 e. The number of carbonyl (C=O) groups excluding carboxylic acids is 4. The molecule has 3 aromatic carbocycles. The fraction of sp³-hybridized carbons (Fsp3) is 0.440. The molecule has 5 aromatic rings. The van der Waals surface area contributed by atoms with Gasteiger partial charge in [0, 0.05) is 25.1 Å². The van der Waals surface area contributed by atoms with Crippen molar-refractivity contribution in [1.29, 1.82) is 0 Å². The highest BCUT2D eigenvalue weighted by Gasteiger charge is 2.43. The summed E-state index contributed by atoms with van der Waals surface area (Å²) in [6.45, 7) is 11.2. The van der Waals surface area contributed by atoms with Crippen molar-refractivity contribution in [3.05, 3.63) is 107 Å². The average Bonchev–Trinajstić information content (AvgIpc) is 4.16. The van der Waals surface area contributed by atoms with Crippen LogP contribution in [-0.4, -0.2) is 99.2 Å². The Hall–Kier alpha value is -6.52. The van der Waals surface area contributed by atoms with Crippen molar-refractivity contribution in [2.24, 2.45) is 11.8 Å². The van der Waals surface area contributed by atoms with E-state index in [0.717, 1.165) is 63.3 Å². The maximum absolute atomic E-state index is 14.4. The fourth-order valence-corrected chi connectivity index (χ4v) is 9.29. The summed E-state index contributed by atoms with van der Waals surface area (Å²) < 4.78 is 22.6. The Morgan fingerprint density at radius 2 is 1.38 bits per heavy atom. The maximum atomic E-state index is 14.4. The monoisotopic (exact) mass is 900 g/mol. The van der Waals surface area contributed by atoms with Crippen molar-refractivity contribution in [3.63, 3.8) is 0 Å². The Morgan fingerprint density at radius 3 is 2.02 bits per heavy atom. The number of ether oxygens (including phenoxy) is 4. The zero-order valence-corrected chi connectivity index (χ0v) is 38.6. The van der Waals surface area contributed by atoms with E-state index in [1.54, 1.807) is 16.0 Å². The van der Waals surface area contributed by atoms with Crippen molar-refractivity contribution in [2.45, 2.75) is 103 Å². The molecule has 4 N–H and O–H groups in total. The van der Waals surface area contributed by atoms with Gasteiger partial charge < -0.3 is 49.3 Å². The molecule has 66 heavy (non-hydrogen) atoms. The van der Waals surface area contributed by atoms with Crippen molar-refractivity contribution in [1.82, 2.24) is 40.4 Å². The van der Waals surface area contributed by atoms with Gasteiger partial charge in [0.2, 0.25) is 11.8 Å². The summed E-state index contributed by atoms with van der Waals surface area (Å²) in [5, 5.41) is 5.45. The smallest absolute Gasteiger partial charge is 0.407 e. The van der Waals surface area contributed by atoms with Gasteiger partial charge in [-0.2, -0.15) is 0 Å². The summed E-state index contributed by atoms with van der Waals surface area (Å²) in [5.74, 6) is 0.624. The Labute approximate surface area is 385 Å². The molecule has 0 spiro atoms. The molecule has 3 aliphatic rings. The van der Waals surface area contributed by atoms with Crippen molar-refractivity contribution < 1.29 is 38.1 Å². The van der Waals surface area contributed by atoms with Gasteiger partial charge in [-0.15, -0.1) is 0 Å². The van der Waals surface area contributed by atoms with Crippen LogP contribution in [0.25, 0.3) is 33.6 Å². The number of H-pyrrole nitrogens is 2. The van der Waals surface area contributed by atoms with E-state index in [1.165, 1.54) is 14.2 Å². The largest absolute Gasteiger partial charge is 0.453 e.